The lowest BCUT2D eigenvalue weighted by Crippen LogP contribution is -1.98. The molecule has 0 radical (unpaired) electrons. The van der Waals surface area contributed by atoms with Gasteiger partial charge in [-0.05, 0) is 0 Å². The van der Waals surface area contributed by atoms with E-state index in [1.807, 2.05) is 13.1 Å². The van der Waals surface area contributed by atoms with Gasteiger partial charge < -0.3 is 10.5 Å². The van der Waals surface area contributed by atoms with Gasteiger partial charge in [0.25, 0.3) is 0 Å². The SMILES string of the molecule is COc1cc(CN)nn1C. The van der Waals surface area contributed by atoms with Crippen molar-refractivity contribution >= 4 is 0 Å². The van der Waals surface area contributed by atoms with E-state index in [0.717, 1.165) is 11.6 Å². The van der Waals surface area contributed by atoms with E-state index >= 15 is 0 Å². The highest BCUT2D eigenvalue weighted by molar-refractivity contribution is 5.15. The number of aryl methyl sites for hydroxylation is 1. The van der Waals surface area contributed by atoms with Crippen molar-refractivity contribution in [2.24, 2.45) is 12.8 Å². The van der Waals surface area contributed by atoms with Crippen LogP contribution in [0.25, 0.3) is 0 Å². The highest BCUT2D eigenvalue weighted by Crippen LogP contribution is 2.09. The predicted octanol–water partition coefficient (Wildman–Crippen LogP) is -0.113. The van der Waals surface area contributed by atoms with Gasteiger partial charge >= 0.3 is 0 Å². The fourth-order valence-corrected chi connectivity index (χ4v) is 0.798. The van der Waals surface area contributed by atoms with Crippen molar-refractivity contribution in [3.8, 4) is 5.88 Å². The molecule has 4 heteroatoms. The van der Waals surface area contributed by atoms with Gasteiger partial charge in [0.2, 0.25) is 5.88 Å². The lowest BCUT2D eigenvalue weighted by molar-refractivity contribution is 0.373. The third-order valence-corrected chi connectivity index (χ3v) is 1.31. The molecular formula is C6H11N3O. The van der Waals surface area contributed by atoms with Crippen LogP contribution in [0.2, 0.25) is 0 Å². The molecule has 2 N–H and O–H groups in total. The van der Waals surface area contributed by atoms with Crippen molar-refractivity contribution in [1.82, 2.24) is 9.78 Å². The molecule has 0 fully saturated rings. The molecule has 0 bridgehead atoms. The highest BCUT2D eigenvalue weighted by Gasteiger charge is 2.01. The first-order valence-corrected chi connectivity index (χ1v) is 3.05. The minimum absolute atomic E-state index is 0.456. The van der Waals surface area contributed by atoms with Gasteiger partial charge in [0.1, 0.15) is 0 Å². The van der Waals surface area contributed by atoms with Crippen molar-refractivity contribution < 1.29 is 4.74 Å². The van der Waals surface area contributed by atoms with Crippen molar-refractivity contribution in [3.05, 3.63) is 11.8 Å². The van der Waals surface area contributed by atoms with Gasteiger partial charge in [-0.2, -0.15) is 5.10 Å². The maximum absolute atomic E-state index is 5.36. The van der Waals surface area contributed by atoms with Crippen LogP contribution in [0.1, 0.15) is 5.69 Å². The number of aromatic nitrogens is 2. The largest absolute Gasteiger partial charge is 0.481 e. The molecule has 0 aliphatic carbocycles. The third kappa shape index (κ3) is 1.11. The van der Waals surface area contributed by atoms with E-state index in [0.29, 0.717) is 6.54 Å². The van der Waals surface area contributed by atoms with Gasteiger partial charge in [-0.15, -0.1) is 0 Å². The summed E-state index contributed by atoms with van der Waals surface area (Å²) in [6.07, 6.45) is 0. The summed E-state index contributed by atoms with van der Waals surface area (Å²) in [7, 11) is 3.43. The minimum atomic E-state index is 0.456. The highest BCUT2D eigenvalue weighted by atomic mass is 16.5. The van der Waals surface area contributed by atoms with E-state index in [4.69, 9.17) is 10.5 Å². The first-order valence-electron chi connectivity index (χ1n) is 3.05. The van der Waals surface area contributed by atoms with E-state index in [9.17, 15) is 0 Å². The maximum atomic E-state index is 5.36. The second-order valence-corrected chi connectivity index (χ2v) is 2.01. The number of hydrogen-bond donors (Lipinski definition) is 1. The third-order valence-electron chi connectivity index (χ3n) is 1.31. The summed E-state index contributed by atoms with van der Waals surface area (Å²) in [5.41, 5.74) is 6.20. The summed E-state index contributed by atoms with van der Waals surface area (Å²) in [6, 6.07) is 1.82. The second kappa shape index (κ2) is 2.70. The first-order chi connectivity index (χ1) is 4.77. The van der Waals surface area contributed by atoms with Crippen LogP contribution in [0.3, 0.4) is 0 Å². The Kier molecular flexibility index (Phi) is 1.91. The molecule has 1 heterocycles. The monoisotopic (exact) mass is 141 g/mol. The zero-order valence-corrected chi connectivity index (χ0v) is 6.16. The van der Waals surface area contributed by atoms with Crippen LogP contribution in [-0.4, -0.2) is 16.9 Å². The van der Waals surface area contributed by atoms with Crippen molar-refractivity contribution in [2.45, 2.75) is 6.54 Å². The van der Waals surface area contributed by atoms with Crippen molar-refractivity contribution in [2.75, 3.05) is 7.11 Å². The molecule has 10 heavy (non-hydrogen) atoms. The van der Waals surface area contributed by atoms with Gasteiger partial charge in [-0.25, -0.2) is 4.68 Å². The summed E-state index contributed by atoms with van der Waals surface area (Å²) >= 11 is 0. The molecule has 4 nitrogen and oxygen atoms in total. The summed E-state index contributed by atoms with van der Waals surface area (Å²) < 4.78 is 6.63. The summed E-state index contributed by atoms with van der Waals surface area (Å²) in [5.74, 6) is 0.737. The van der Waals surface area contributed by atoms with Gasteiger partial charge in [0, 0.05) is 19.7 Å². The summed E-state index contributed by atoms with van der Waals surface area (Å²) in [4.78, 5) is 0. The fourth-order valence-electron chi connectivity index (χ4n) is 0.798. The molecule has 0 saturated carbocycles. The van der Waals surface area contributed by atoms with Crippen LogP contribution in [0.4, 0.5) is 0 Å². The van der Waals surface area contributed by atoms with E-state index in [2.05, 4.69) is 5.10 Å². The zero-order valence-electron chi connectivity index (χ0n) is 6.16. The number of methoxy groups -OCH3 is 1. The zero-order chi connectivity index (χ0) is 7.56. The van der Waals surface area contributed by atoms with Crippen LogP contribution < -0.4 is 10.5 Å². The number of ether oxygens (including phenoxy) is 1. The first kappa shape index (κ1) is 7.08. The standard InChI is InChI=1S/C6H11N3O/c1-9-6(10-2)3-5(4-7)8-9/h3H,4,7H2,1-2H3. The topological polar surface area (TPSA) is 53.1 Å². The molecule has 0 amide bonds. The lowest BCUT2D eigenvalue weighted by Gasteiger charge is -1.95. The fraction of sp³-hybridized carbons (Fsp3) is 0.500. The van der Waals surface area contributed by atoms with Crippen LogP contribution in [0.15, 0.2) is 6.07 Å². The maximum Gasteiger partial charge on any atom is 0.211 e. The summed E-state index contributed by atoms with van der Waals surface area (Å²) in [6.45, 7) is 0.456. The molecular weight excluding hydrogens is 130 g/mol. The number of nitrogens with zero attached hydrogens (tertiary/aromatic N) is 2. The number of nitrogens with two attached hydrogens (primary N) is 1. The smallest absolute Gasteiger partial charge is 0.211 e. The Morgan fingerprint density at radius 3 is 2.80 bits per heavy atom. The molecule has 0 aromatic carbocycles. The second-order valence-electron chi connectivity index (χ2n) is 2.01. The van der Waals surface area contributed by atoms with Gasteiger partial charge in [0.15, 0.2) is 0 Å². The average Bonchev–Trinajstić information content (AvgIpc) is 2.30. The Bertz CT molecular complexity index is 219. The predicted molar refractivity (Wildman–Crippen MR) is 37.7 cm³/mol. The van der Waals surface area contributed by atoms with Crippen LogP contribution >= 0.6 is 0 Å². The molecule has 1 rings (SSSR count). The number of hydrogen-bond acceptors (Lipinski definition) is 3. The molecule has 1 aromatic heterocycles. The molecule has 1 aromatic rings. The lowest BCUT2D eigenvalue weighted by atomic mass is 10.4. The molecule has 56 valence electrons. The van der Waals surface area contributed by atoms with Crippen molar-refractivity contribution in [1.29, 1.82) is 0 Å². The molecule has 0 unspecified atom stereocenters. The quantitative estimate of drug-likeness (QED) is 0.625. The van der Waals surface area contributed by atoms with Gasteiger partial charge in [-0.3, -0.25) is 0 Å². The van der Waals surface area contributed by atoms with Crippen LogP contribution in [-0.2, 0) is 13.6 Å². The Balaban J connectivity index is 2.92. The Labute approximate surface area is 59.6 Å². The van der Waals surface area contributed by atoms with E-state index in [-0.39, 0.29) is 0 Å². The van der Waals surface area contributed by atoms with E-state index in [1.165, 1.54) is 0 Å². The molecule has 0 aliphatic rings. The van der Waals surface area contributed by atoms with Crippen LogP contribution in [0.5, 0.6) is 5.88 Å². The Morgan fingerprint density at radius 1 is 1.80 bits per heavy atom. The Hall–Kier alpha value is -1.03. The molecule has 0 spiro atoms. The van der Waals surface area contributed by atoms with E-state index in [1.54, 1.807) is 11.8 Å². The average molecular weight is 141 g/mol. The van der Waals surface area contributed by atoms with Crippen molar-refractivity contribution in [3.63, 3.8) is 0 Å². The Morgan fingerprint density at radius 2 is 2.50 bits per heavy atom. The molecule has 0 saturated heterocycles. The van der Waals surface area contributed by atoms with E-state index < -0.39 is 0 Å². The van der Waals surface area contributed by atoms with Gasteiger partial charge in [0.05, 0.1) is 12.8 Å². The summed E-state index contributed by atoms with van der Waals surface area (Å²) in [5, 5.41) is 4.07. The van der Waals surface area contributed by atoms with Crippen LogP contribution in [0, 0.1) is 0 Å². The molecule has 0 atom stereocenters. The number of rotatable bonds is 2. The molecule has 0 aliphatic heterocycles. The normalized spacial score (nSPS) is 9.90. The van der Waals surface area contributed by atoms with Gasteiger partial charge in [-0.1, -0.05) is 0 Å². The minimum Gasteiger partial charge on any atom is -0.481 e.